The first-order valence-electron chi connectivity index (χ1n) is 9.04. The molecule has 28 heavy (non-hydrogen) atoms. The SMILES string of the molecule is Cc1cc(N2CCN(C(=O)COc3ccc4[nH]c(=O)oc4c3)CC2)ccc1I. The van der Waals surface area contributed by atoms with Crippen molar-refractivity contribution < 1.29 is 13.9 Å². The quantitative estimate of drug-likeness (QED) is 0.566. The number of halogens is 1. The molecular formula is C20H20IN3O4. The van der Waals surface area contributed by atoms with Crippen LogP contribution in [0.1, 0.15) is 5.56 Å². The highest BCUT2D eigenvalue weighted by molar-refractivity contribution is 14.1. The van der Waals surface area contributed by atoms with Gasteiger partial charge in [-0.05, 0) is 65.4 Å². The zero-order chi connectivity index (χ0) is 19.7. The molecule has 1 fully saturated rings. The van der Waals surface area contributed by atoms with Crippen LogP contribution in [0.25, 0.3) is 11.1 Å². The van der Waals surface area contributed by atoms with Crippen LogP contribution in [0.3, 0.4) is 0 Å². The normalized spacial score (nSPS) is 14.5. The van der Waals surface area contributed by atoms with Gasteiger partial charge >= 0.3 is 5.76 Å². The Labute approximate surface area is 175 Å². The largest absolute Gasteiger partial charge is 0.484 e. The lowest BCUT2D eigenvalue weighted by Crippen LogP contribution is -2.50. The molecule has 2 aromatic carbocycles. The van der Waals surface area contributed by atoms with Crippen molar-refractivity contribution in [3.8, 4) is 5.75 Å². The number of aromatic amines is 1. The smallest absolute Gasteiger partial charge is 0.417 e. The molecule has 1 aliphatic heterocycles. The summed E-state index contributed by atoms with van der Waals surface area (Å²) in [5.41, 5.74) is 3.48. The second-order valence-corrected chi connectivity index (χ2v) is 7.92. The van der Waals surface area contributed by atoms with E-state index in [2.05, 4.69) is 57.6 Å². The molecule has 1 aromatic heterocycles. The molecule has 1 N–H and O–H groups in total. The second kappa shape index (κ2) is 7.86. The van der Waals surface area contributed by atoms with Crippen molar-refractivity contribution in [1.29, 1.82) is 0 Å². The van der Waals surface area contributed by atoms with Crippen LogP contribution in [0.4, 0.5) is 5.69 Å². The number of hydrogen-bond acceptors (Lipinski definition) is 5. The fourth-order valence-electron chi connectivity index (χ4n) is 3.29. The van der Waals surface area contributed by atoms with E-state index in [-0.39, 0.29) is 12.5 Å². The molecule has 0 spiro atoms. The molecule has 7 nitrogen and oxygen atoms in total. The Balaban J connectivity index is 1.32. The molecule has 4 rings (SSSR count). The molecular weight excluding hydrogens is 473 g/mol. The summed E-state index contributed by atoms with van der Waals surface area (Å²) in [6.07, 6.45) is 0. The number of carbonyl (C=O) groups is 1. The van der Waals surface area contributed by atoms with Gasteiger partial charge < -0.3 is 19.0 Å². The van der Waals surface area contributed by atoms with Gasteiger partial charge in [0.1, 0.15) is 5.75 Å². The van der Waals surface area contributed by atoms with Crippen LogP contribution in [0, 0.1) is 10.5 Å². The third-order valence-corrected chi connectivity index (χ3v) is 6.10. The van der Waals surface area contributed by atoms with Crippen LogP contribution < -0.4 is 15.4 Å². The number of fused-ring (bicyclic) bond motifs is 1. The lowest BCUT2D eigenvalue weighted by molar-refractivity contribution is -0.133. The first-order valence-corrected chi connectivity index (χ1v) is 10.1. The highest BCUT2D eigenvalue weighted by Crippen LogP contribution is 2.22. The highest BCUT2D eigenvalue weighted by Gasteiger charge is 2.22. The summed E-state index contributed by atoms with van der Waals surface area (Å²) in [5, 5.41) is 0. The minimum atomic E-state index is -0.510. The fourth-order valence-corrected chi connectivity index (χ4v) is 3.63. The van der Waals surface area contributed by atoms with Crippen molar-refractivity contribution in [3.05, 3.63) is 56.1 Å². The van der Waals surface area contributed by atoms with E-state index < -0.39 is 5.76 Å². The molecule has 1 amide bonds. The molecule has 3 aromatic rings. The summed E-state index contributed by atoms with van der Waals surface area (Å²) in [7, 11) is 0. The lowest BCUT2D eigenvalue weighted by Gasteiger charge is -2.36. The molecule has 146 valence electrons. The minimum absolute atomic E-state index is 0.0389. The first-order chi connectivity index (χ1) is 13.5. The average molecular weight is 493 g/mol. The summed E-state index contributed by atoms with van der Waals surface area (Å²) in [5.74, 6) is -0.0601. The van der Waals surface area contributed by atoms with E-state index >= 15 is 0 Å². The maximum absolute atomic E-state index is 12.5. The number of H-pyrrole nitrogens is 1. The van der Waals surface area contributed by atoms with E-state index in [1.54, 1.807) is 18.2 Å². The van der Waals surface area contributed by atoms with E-state index in [0.717, 1.165) is 13.1 Å². The number of ether oxygens (including phenoxy) is 1. The number of benzene rings is 2. The van der Waals surface area contributed by atoms with Crippen LogP contribution in [-0.4, -0.2) is 48.6 Å². The Bertz CT molecular complexity index is 1070. The van der Waals surface area contributed by atoms with Gasteiger partial charge in [0.05, 0.1) is 5.52 Å². The van der Waals surface area contributed by atoms with E-state index in [0.29, 0.717) is 29.9 Å². The number of nitrogens with one attached hydrogen (secondary N) is 1. The standard InChI is InChI=1S/C20H20IN3O4/c1-13-10-14(2-4-16(13)21)23-6-8-24(9-7-23)19(25)12-27-15-3-5-17-18(11-15)28-20(26)22-17/h2-5,10-11H,6-9,12H2,1H3,(H,22,26). The van der Waals surface area contributed by atoms with Crippen LogP contribution in [0.5, 0.6) is 5.75 Å². The van der Waals surface area contributed by atoms with Crippen molar-refractivity contribution in [2.75, 3.05) is 37.7 Å². The summed E-state index contributed by atoms with van der Waals surface area (Å²) in [6, 6.07) is 11.5. The number of aromatic nitrogens is 1. The van der Waals surface area contributed by atoms with E-state index in [1.165, 1.54) is 14.8 Å². The van der Waals surface area contributed by atoms with Crippen molar-refractivity contribution >= 4 is 45.3 Å². The monoisotopic (exact) mass is 493 g/mol. The number of anilines is 1. The molecule has 1 saturated heterocycles. The highest BCUT2D eigenvalue weighted by atomic mass is 127. The Hall–Kier alpha value is -2.49. The lowest BCUT2D eigenvalue weighted by atomic mass is 10.2. The maximum atomic E-state index is 12.5. The van der Waals surface area contributed by atoms with E-state index in [4.69, 9.17) is 9.15 Å². The molecule has 0 bridgehead atoms. The summed E-state index contributed by atoms with van der Waals surface area (Å²) in [4.78, 5) is 30.4. The van der Waals surface area contributed by atoms with Gasteiger partial charge in [-0.15, -0.1) is 0 Å². The molecule has 0 aliphatic carbocycles. The third-order valence-electron chi connectivity index (χ3n) is 4.89. The average Bonchev–Trinajstić information content (AvgIpc) is 3.07. The third kappa shape index (κ3) is 4.01. The van der Waals surface area contributed by atoms with Gasteiger partial charge in [0.2, 0.25) is 0 Å². The number of aryl methyl sites for hydroxylation is 1. The van der Waals surface area contributed by atoms with E-state index in [9.17, 15) is 9.59 Å². The second-order valence-electron chi connectivity index (χ2n) is 6.76. The molecule has 0 radical (unpaired) electrons. The van der Waals surface area contributed by atoms with Gasteiger partial charge in [-0.25, -0.2) is 4.79 Å². The number of oxazole rings is 1. The molecule has 0 unspecified atom stereocenters. The number of hydrogen-bond donors (Lipinski definition) is 1. The summed E-state index contributed by atoms with van der Waals surface area (Å²) in [6.45, 7) is 5.00. The topological polar surface area (TPSA) is 78.8 Å². The van der Waals surface area contributed by atoms with E-state index in [1.807, 2.05) is 4.90 Å². The Morgan fingerprint density at radius 3 is 2.71 bits per heavy atom. The van der Waals surface area contributed by atoms with Gasteiger partial charge in [0.15, 0.2) is 12.2 Å². The van der Waals surface area contributed by atoms with Gasteiger partial charge in [-0.1, -0.05) is 0 Å². The van der Waals surface area contributed by atoms with Crippen LogP contribution in [-0.2, 0) is 4.79 Å². The summed E-state index contributed by atoms with van der Waals surface area (Å²) >= 11 is 2.33. The first kappa shape index (κ1) is 18.9. The predicted molar refractivity (Wildman–Crippen MR) is 115 cm³/mol. The number of amides is 1. The Kier molecular flexibility index (Phi) is 5.29. The van der Waals surface area contributed by atoms with Gasteiger partial charge in [0, 0.05) is 41.5 Å². The molecule has 8 heteroatoms. The fraction of sp³-hybridized carbons (Fsp3) is 0.300. The molecule has 2 heterocycles. The Morgan fingerprint density at radius 1 is 1.18 bits per heavy atom. The number of piperazine rings is 1. The van der Waals surface area contributed by atoms with Gasteiger partial charge in [-0.3, -0.25) is 9.78 Å². The summed E-state index contributed by atoms with van der Waals surface area (Å²) < 4.78 is 11.9. The van der Waals surface area contributed by atoms with Gasteiger partial charge in [-0.2, -0.15) is 0 Å². The molecule has 1 aliphatic rings. The Morgan fingerprint density at radius 2 is 1.96 bits per heavy atom. The van der Waals surface area contributed by atoms with Crippen molar-refractivity contribution in [2.24, 2.45) is 0 Å². The van der Waals surface area contributed by atoms with Crippen molar-refractivity contribution in [2.45, 2.75) is 6.92 Å². The molecule has 0 atom stereocenters. The zero-order valence-corrected chi connectivity index (χ0v) is 17.6. The number of rotatable bonds is 4. The van der Waals surface area contributed by atoms with Gasteiger partial charge in [0.25, 0.3) is 5.91 Å². The number of nitrogens with zero attached hydrogens (tertiary/aromatic N) is 2. The zero-order valence-electron chi connectivity index (χ0n) is 15.4. The van der Waals surface area contributed by atoms with Crippen molar-refractivity contribution in [1.82, 2.24) is 9.88 Å². The van der Waals surface area contributed by atoms with Crippen molar-refractivity contribution in [3.63, 3.8) is 0 Å². The maximum Gasteiger partial charge on any atom is 0.417 e. The number of carbonyl (C=O) groups excluding carboxylic acids is 1. The molecule has 0 saturated carbocycles. The minimum Gasteiger partial charge on any atom is -0.484 e. The predicted octanol–water partition coefficient (Wildman–Crippen LogP) is 2.76. The van der Waals surface area contributed by atoms with Crippen LogP contribution in [0.15, 0.2) is 45.6 Å². The van der Waals surface area contributed by atoms with Crippen LogP contribution >= 0.6 is 22.6 Å². The van der Waals surface area contributed by atoms with Crippen LogP contribution in [0.2, 0.25) is 0 Å².